The molecule has 0 radical (unpaired) electrons. The SMILES string of the molecule is Cc1csc(SCc2ccc(C(=O)NC(Cc3ccccc3)C(=O)NC3CC3)cc2)n1. The molecule has 4 rings (SSSR count). The van der Waals surface area contributed by atoms with E-state index in [1.165, 1.54) is 0 Å². The predicted octanol–water partition coefficient (Wildman–Crippen LogP) is 4.36. The summed E-state index contributed by atoms with van der Waals surface area (Å²) in [4.78, 5) is 30.0. The molecule has 31 heavy (non-hydrogen) atoms. The Morgan fingerprint density at radius 2 is 1.84 bits per heavy atom. The lowest BCUT2D eigenvalue weighted by Crippen LogP contribution is -2.48. The number of benzene rings is 2. The van der Waals surface area contributed by atoms with Crippen LogP contribution in [0.4, 0.5) is 0 Å². The van der Waals surface area contributed by atoms with Gasteiger partial charge in [0.1, 0.15) is 10.4 Å². The van der Waals surface area contributed by atoms with Gasteiger partial charge in [-0.1, -0.05) is 54.2 Å². The van der Waals surface area contributed by atoms with Crippen LogP contribution in [-0.4, -0.2) is 28.9 Å². The first-order valence-electron chi connectivity index (χ1n) is 10.4. The predicted molar refractivity (Wildman–Crippen MR) is 125 cm³/mol. The first kappa shape index (κ1) is 21.6. The zero-order valence-electron chi connectivity index (χ0n) is 17.3. The van der Waals surface area contributed by atoms with Gasteiger partial charge in [0.25, 0.3) is 5.91 Å². The Hall–Kier alpha value is -2.64. The standard InChI is InChI=1S/C24H25N3O2S2/c1-16-14-30-24(25-16)31-15-18-7-9-19(10-8-18)22(28)27-21(23(29)26-20-11-12-20)13-17-5-3-2-4-6-17/h2-10,14,20-21H,11-13,15H2,1H3,(H,26,29)(H,27,28). The van der Waals surface area contributed by atoms with Gasteiger partial charge in [-0.05, 0) is 43.0 Å². The molecule has 1 aliphatic rings. The lowest BCUT2D eigenvalue weighted by molar-refractivity contribution is -0.123. The molecule has 0 bridgehead atoms. The van der Waals surface area contributed by atoms with Crippen molar-refractivity contribution in [3.05, 3.63) is 82.4 Å². The smallest absolute Gasteiger partial charge is 0.251 e. The molecule has 1 fully saturated rings. The molecule has 1 heterocycles. The minimum Gasteiger partial charge on any atom is -0.352 e. The topological polar surface area (TPSA) is 71.1 Å². The molecule has 1 aromatic heterocycles. The molecule has 7 heteroatoms. The number of nitrogens with zero attached hydrogens (tertiary/aromatic N) is 1. The fourth-order valence-corrected chi connectivity index (χ4v) is 4.93. The van der Waals surface area contributed by atoms with Crippen LogP contribution >= 0.6 is 23.1 Å². The molecule has 2 aromatic carbocycles. The van der Waals surface area contributed by atoms with Crippen LogP contribution < -0.4 is 10.6 Å². The van der Waals surface area contributed by atoms with Crippen molar-refractivity contribution >= 4 is 34.9 Å². The van der Waals surface area contributed by atoms with Crippen molar-refractivity contribution in [2.45, 2.75) is 48.4 Å². The minimum atomic E-state index is -0.598. The Bertz CT molecular complexity index is 1030. The van der Waals surface area contributed by atoms with Crippen LogP contribution in [0.5, 0.6) is 0 Å². The Labute approximate surface area is 190 Å². The summed E-state index contributed by atoms with van der Waals surface area (Å²) < 4.78 is 1.05. The van der Waals surface area contributed by atoms with Gasteiger partial charge >= 0.3 is 0 Å². The number of hydrogen-bond acceptors (Lipinski definition) is 5. The van der Waals surface area contributed by atoms with Crippen LogP contribution in [0.2, 0.25) is 0 Å². The molecule has 1 unspecified atom stereocenters. The summed E-state index contributed by atoms with van der Waals surface area (Å²) in [7, 11) is 0. The number of thiazole rings is 1. The summed E-state index contributed by atoms with van der Waals surface area (Å²) in [6, 6.07) is 17.0. The van der Waals surface area contributed by atoms with Gasteiger partial charge in [-0.25, -0.2) is 4.98 Å². The van der Waals surface area contributed by atoms with Crippen molar-refractivity contribution < 1.29 is 9.59 Å². The van der Waals surface area contributed by atoms with Crippen molar-refractivity contribution in [2.24, 2.45) is 0 Å². The second-order valence-electron chi connectivity index (χ2n) is 7.74. The quantitative estimate of drug-likeness (QED) is 0.474. The number of hydrogen-bond donors (Lipinski definition) is 2. The van der Waals surface area contributed by atoms with Gasteiger partial charge in [0.2, 0.25) is 5.91 Å². The molecule has 3 aromatic rings. The molecule has 1 atom stereocenters. The van der Waals surface area contributed by atoms with Gasteiger partial charge in [0, 0.05) is 34.9 Å². The van der Waals surface area contributed by atoms with Crippen LogP contribution in [0.3, 0.4) is 0 Å². The zero-order valence-corrected chi connectivity index (χ0v) is 19.0. The highest BCUT2D eigenvalue weighted by atomic mass is 32.2. The Morgan fingerprint density at radius 1 is 1.10 bits per heavy atom. The normalized spacial score (nSPS) is 14.1. The highest BCUT2D eigenvalue weighted by molar-refractivity contribution is 8.00. The van der Waals surface area contributed by atoms with E-state index in [9.17, 15) is 9.59 Å². The van der Waals surface area contributed by atoms with E-state index < -0.39 is 6.04 Å². The third-order valence-electron chi connectivity index (χ3n) is 5.00. The van der Waals surface area contributed by atoms with E-state index in [4.69, 9.17) is 0 Å². The van der Waals surface area contributed by atoms with Crippen molar-refractivity contribution in [1.82, 2.24) is 15.6 Å². The highest BCUT2D eigenvalue weighted by Crippen LogP contribution is 2.26. The summed E-state index contributed by atoms with van der Waals surface area (Å²) in [6.45, 7) is 1.99. The zero-order chi connectivity index (χ0) is 21.6. The highest BCUT2D eigenvalue weighted by Gasteiger charge is 2.28. The van der Waals surface area contributed by atoms with Crippen molar-refractivity contribution in [3.8, 4) is 0 Å². The first-order chi connectivity index (χ1) is 15.1. The number of aryl methyl sites for hydroxylation is 1. The molecule has 1 aliphatic carbocycles. The summed E-state index contributed by atoms with van der Waals surface area (Å²) in [6.07, 6.45) is 2.49. The van der Waals surface area contributed by atoms with E-state index in [1.54, 1.807) is 23.1 Å². The molecular weight excluding hydrogens is 426 g/mol. The average molecular weight is 452 g/mol. The van der Waals surface area contributed by atoms with Gasteiger partial charge in [0.05, 0.1) is 0 Å². The molecule has 5 nitrogen and oxygen atoms in total. The maximum Gasteiger partial charge on any atom is 0.251 e. The van der Waals surface area contributed by atoms with E-state index in [0.29, 0.717) is 12.0 Å². The number of aromatic nitrogens is 1. The lowest BCUT2D eigenvalue weighted by atomic mass is 10.0. The molecule has 0 aliphatic heterocycles. The molecule has 2 N–H and O–H groups in total. The Morgan fingerprint density at radius 3 is 2.48 bits per heavy atom. The van der Waals surface area contributed by atoms with Crippen molar-refractivity contribution in [2.75, 3.05) is 0 Å². The molecular formula is C24H25N3O2S2. The summed E-state index contributed by atoms with van der Waals surface area (Å²) in [5, 5.41) is 7.99. The van der Waals surface area contributed by atoms with Crippen LogP contribution in [0.1, 0.15) is 40.0 Å². The van der Waals surface area contributed by atoms with E-state index in [0.717, 1.165) is 39.8 Å². The monoisotopic (exact) mass is 451 g/mol. The molecule has 1 saturated carbocycles. The van der Waals surface area contributed by atoms with Crippen molar-refractivity contribution in [1.29, 1.82) is 0 Å². The van der Waals surface area contributed by atoms with Gasteiger partial charge in [0.15, 0.2) is 0 Å². The fraction of sp³-hybridized carbons (Fsp3) is 0.292. The van der Waals surface area contributed by atoms with Gasteiger partial charge in [-0.2, -0.15) is 0 Å². The van der Waals surface area contributed by atoms with Crippen molar-refractivity contribution in [3.63, 3.8) is 0 Å². The summed E-state index contributed by atoms with van der Waals surface area (Å²) in [5.41, 5.74) is 3.73. The van der Waals surface area contributed by atoms with E-state index in [-0.39, 0.29) is 17.9 Å². The van der Waals surface area contributed by atoms with Gasteiger partial charge < -0.3 is 10.6 Å². The van der Waals surface area contributed by atoms with E-state index in [1.807, 2.05) is 66.9 Å². The van der Waals surface area contributed by atoms with Crippen LogP contribution in [0, 0.1) is 6.92 Å². The molecule has 0 spiro atoms. The number of carbonyl (C=O) groups is 2. The third kappa shape index (κ3) is 6.42. The maximum absolute atomic E-state index is 12.8. The summed E-state index contributed by atoms with van der Waals surface area (Å²) in [5.74, 6) is 0.447. The number of rotatable bonds is 9. The van der Waals surface area contributed by atoms with E-state index >= 15 is 0 Å². The van der Waals surface area contributed by atoms with Gasteiger partial charge in [-0.3, -0.25) is 9.59 Å². The molecule has 2 amide bonds. The van der Waals surface area contributed by atoms with Crippen LogP contribution in [-0.2, 0) is 17.0 Å². The molecule has 0 saturated heterocycles. The number of amides is 2. The number of nitrogens with one attached hydrogen (secondary N) is 2. The van der Waals surface area contributed by atoms with Crippen LogP contribution in [0.15, 0.2) is 64.3 Å². The second-order valence-corrected chi connectivity index (χ2v) is 9.82. The second kappa shape index (κ2) is 10.1. The third-order valence-corrected chi connectivity index (χ3v) is 7.21. The Balaban J connectivity index is 1.37. The fourth-order valence-electron chi connectivity index (χ4n) is 3.13. The lowest BCUT2D eigenvalue weighted by Gasteiger charge is -2.19. The largest absolute Gasteiger partial charge is 0.352 e. The van der Waals surface area contributed by atoms with Crippen LogP contribution in [0.25, 0.3) is 0 Å². The molecule has 160 valence electrons. The summed E-state index contributed by atoms with van der Waals surface area (Å²) >= 11 is 3.34. The van der Waals surface area contributed by atoms with E-state index in [2.05, 4.69) is 15.6 Å². The number of thioether (sulfide) groups is 1. The minimum absolute atomic E-state index is 0.119. The average Bonchev–Trinajstić information content (AvgIpc) is 3.50. The van der Waals surface area contributed by atoms with Gasteiger partial charge in [-0.15, -0.1) is 11.3 Å². The first-order valence-corrected chi connectivity index (χ1v) is 12.2. The number of carbonyl (C=O) groups excluding carboxylic acids is 2. The maximum atomic E-state index is 12.8. The Kier molecular flexibility index (Phi) is 7.04.